The van der Waals surface area contributed by atoms with Crippen molar-refractivity contribution >= 4 is 12.5 Å². The van der Waals surface area contributed by atoms with E-state index in [1.165, 1.54) is 0 Å². The largest absolute Gasteiger partial charge is 0.284 e. The number of carbonyl (C=O) groups excluding carboxylic acids is 1. The van der Waals surface area contributed by atoms with Gasteiger partial charge in [0.15, 0.2) is 0 Å². The normalized spacial score (nSPS) is 10.2. The molecule has 1 rings (SSSR count). The zero-order valence-corrected chi connectivity index (χ0v) is 6.03. The minimum absolute atomic E-state index is 0.552. The predicted octanol–water partition coefficient (Wildman–Crippen LogP) is 1.37. The third-order valence-electron chi connectivity index (χ3n) is 1.26. The topological polar surface area (TPSA) is 29.4 Å². The van der Waals surface area contributed by atoms with Gasteiger partial charge in [0.1, 0.15) is 0 Å². The van der Waals surface area contributed by atoms with Crippen molar-refractivity contribution in [2.45, 2.75) is 6.54 Å². The van der Waals surface area contributed by atoms with Gasteiger partial charge in [0.25, 0.3) is 0 Å². The van der Waals surface area contributed by atoms with Gasteiger partial charge in [0.2, 0.25) is 6.29 Å². The van der Waals surface area contributed by atoms with E-state index in [2.05, 4.69) is 4.99 Å². The van der Waals surface area contributed by atoms with Crippen LogP contribution in [0.5, 0.6) is 0 Å². The van der Waals surface area contributed by atoms with Crippen LogP contribution in [0.1, 0.15) is 5.56 Å². The molecule has 0 amide bonds. The molecule has 1 aromatic carbocycles. The second kappa shape index (κ2) is 4.39. The fourth-order valence-corrected chi connectivity index (χ4v) is 0.772. The Labute approximate surface area is 65.6 Å². The van der Waals surface area contributed by atoms with Gasteiger partial charge >= 0.3 is 0 Å². The van der Waals surface area contributed by atoms with Gasteiger partial charge in [-0.2, -0.15) is 0 Å². The predicted molar refractivity (Wildman–Crippen MR) is 44.3 cm³/mol. The van der Waals surface area contributed by atoms with Crippen molar-refractivity contribution in [2.24, 2.45) is 4.99 Å². The second-order valence-electron chi connectivity index (χ2n) is 2.07. The lowest BCUT2D eigenvalue weighted by molar-refractivity contribution is 0.567. The molecule has 1 radical (unpaired) electrons. The van der Waals surface area contributed by atoms with Crippen LogP contribution in [0.15, 0.2) is 35.3 Å². The standard InChI is InChI=1S/C9H8NO/c11-7-6-10-8-9-4-2-1-3-5-9/h1-6H,8H2. The summed E-state index contributed by atoms with van der Waals surface area (Å²) in [6.07, 6.45) is 2.74. The van der Waals surface area contributed by atoms with Crippen molar-refractivity contribution < 1.29 is 4.79 Å². The van der Waals surface area contributed by atoms with Crippen molar-refractivity contribution in [1.82, 2.24) is 0 Å². The molecule has 0 unspecified atom stereocenters. The molecule has 1 aromatic rings. The van der Waals surface area contributed by atoms with Gasteiger partial charge in [-0.05, 0) is 5.56 Å². The van der Waals surface area contributed by atoms with E-state index in [0.717, 1.165) is 11.8 Å². The van der Waals surface area contributed by atoms with Gasteiger partial charge in [0.05, 0.1) is 12.8 Å². The molecule has 2 nitrogen and oxygen atoms in total. The Morgan fingerprint density at radius 1 is 1.36 bits per heavy atom. The first kappa shape index (κ1) is 7.66. The molecule has 2 heteroatoms. The minimum Gasteiger partial charge on any atom is -0.284 e. The molecule has 0 aliphatic rings. The fraction of sp³-hybridized carbons (Fsp3) is 0.111. The average Bonchev–Trinajstić information content (AvgIpc) is 2.07. The first-order chi connectivity index (χ1) is 5.43. The summed E-state index contributed by atoms with van der Waals surface area (Å²) in [5.74, 6) is 0. The third kappa shape index (κ3) is 2.76. The molecule has 0 saturated heterocycles. The van der Waals surface area contributed by atoms with Gasteiger partial charge in [0, 0.05) is 0 Å². The van der Waals surface area contributed by atoms with Crippen molar-refractivity contribution in [2.75, 3.05) is 0 Å². The smallest absolute Gasteiger partial charge is 0.245 e. The molecule has 0 N–H and O–H groups in total. The molecular weight excluding hydrogens is 138 g/mol. The Kier molecular flexibility index (Phi) is 3.06. The van der Waals surface area contributed by atoms with Crippen LogP contribution in [0.3, 0.4) is 0 Å². The number of hydrogen-bond acceptors (Lipinski definition) is 2. The van der Waals surface area contributed by atoms with Crippen LogP contribution < -0.4 is 0 Å². The SMILES string of the molecule is O=[C]C=NCc1ccccc1. The average molecular weight is 146 g/mol. The first-order valence-corrected chi connectivity index (χ1v) is 3.33. The second-order valence-corrected chi connectivity index (χ2v) is 2.07. The third-order valence-corrected chi connectivity index (χ3v) is 1.26. The lowest BCUT2D eigenvalue weighted by Gasteiger charge is -1.91. The fourth-order valence-electron chi connectivity index (χ4n) is 0.772. The number of benzene rings is 1. The van der Waals surface area contributed by atoms with Gasteiger partial charge in [-0.25, -0.2) is 0 Å². The molecule has 0 heterocycles. The van der Waals surface area contributed by atoms with Gasteiger partial charge in [-0.15, -0.1) is 0 Å². The number of rotatable bonds is 3. The van der Waals surface area contributed by atoms with Gasteiger partial charge < -0.3 is 0 Å². The zero-order valence-electron chi connectivity index (χ0n) is 6.03. The number of hydrogen-bond donors (Lipinski definition) is 0. The molecule has 0 spiro atoms. The van der Waals surface area contributed by atoms with Crippen molar-refractivity contribution in [1.29, 1.82) is 0 Å². The van der Waals surface area contributed by atoms with Crippen LogP contribution in [0, 0.1) is 0 Å². The van der Waals surface area contributed by atoms with E-state index >= 15 is 0 Å². The highest BCUT2D eigenvalue weighted by Gasteiger charge is 1.84. The summed E-state index contributed by atoms with van der Waals surface area (Å²) in [4.78, 5) is 13.5. The van der Waals surface area contributed by atoms with Crippen LogP contribution in [0.2, 0.25) is 0 Å². The monoisotopic (exact) mass is 146 g/mol. The van der Waals surface area contributed by atoms with E-state index in [4.69, 9.17) is 0 Å². The maximum absolute atomic E-state index is 9.72. The van der Waals surface area contributed by atoms with Crippen LogP contribution in [0.4, 0.5) is 0 Å². The van der Waals surface area contributed by atoms with E-state index in [-0.39, 0.29) is 0 Å². The number of nitrogens with zero attached hydrogens (tertiary/aromatic N) is 1. The molecule has 0 saturated carbocycles. The quantitative estimate of drug-likeness (QED) is 0.592. The maximum Gasteiger partial charge on any atom is 0.245 e. The minimum atomic E-state index is 0.552. The summed E-state index contributed by atoms with van der Waals surface area (Å²) in [5, 5.41) is 0. The zero-order chi connectivity index (χ0) is 7.94. The van der Waals surface area contributed by atoms with Crippen LogP contribution in [0.25, 0.3) is 0 Å². The maximum atomic E-state index is 9.72. The Morgan fingerprint density at radius 3 is 2.73 bits per heavy atom. The molecule has 55 valence electrons. The summed E-state index contributed by atoms with van der Waals surface area (Å²) in [6.45, 7) is 0.552. The summed E-state index contributed by atoms with van der Waals surface area (Å²) >= 11 is 0. The van der Waals surface area contributed by atoms with E-state index in [9.17, 15) is 4.79 Å². The Morgan fingerprint density at radius 2 is 2.09 bits per heavy atom. The molecule has 0 fully saturated rings. The summed E-state index contributed by atoms with van der Waals surface area (Å²) in [5.41, 5.74) is 1.10. The Balaban J connectivity index is 2.51. The van der Waals surface area contributed by atoms with Crippen molar-refractivity contribution in [3.63, 3.8) is 0 Å². The van der Waals surface area contributed by atoms with Crippen LogP contribution >= 0.6 is 0 Å². The van der Waals surface area contributed by atoms with Crippen molar-refractivity contribution in [3.05, 3.63) is 35.9 Å². The van der Waals surface area contributed by atoms with E-state index in [0.29, 0.717) is 6.54 Å². The molecule has 0 bridgehead atoms. The molecular formula is C9H8NO. The van der Waals surface area contributed by atoms with Gasteiger partial charge in [-0.3, -0.25) is 9.79 Å². The molecule has 0 aliphatic heterocycles. The van der Waals surface area contributed by atoms with Crippen molar-refractivity contribution in [3.8, 4) is 0 Å². The molecule has 0 atom stereocenters. The number of aliphatic imine (C=N–C) groups is 1. The summed E-state index contributed by atoms with van der Waals surface area (Å²) in [6, 6.07) is 9.74. The Bertz CT molecular complexity index is 241. The molecule has 11 heavy (non-hydrogen) atoms. The highest BCUT2D eigenvalue weighted by atomic mass is 16.1. The Hall–Kier alpha value is -1.44. The summed E-state index contributed by atoms with van der Waals surface area (Å²) < 4.78 is 0. The van der Waals surface area contributed by atoms with Gasteiger partial charge in [-0.1, -0.05) is 30.3 Å². The first-order valence-electron chi connectivity index (χ1n) is 3.33. The van der Waals surface area contributed by atoms with E-state index in [1.54, 1.807) is 6.29 Å². The van der Waals surface area contributed by atoms with Crippen LogP contribution in [-0.2, 0) is 11.3 Å². The highest BCUT2D eigenvalue weighted by molar-refractivity contribution is 6.13. The van der Waals surface area contributed by atoms with E-state index in [1.807, 2.05) is 30.3 Å². The lowest BCUT2D eigenvalue weighted by Crippen LogP contribution is -1.81. The lowest BCUT2D eigenvalue weighted by atomic mass is 10.2. The molecule has 0 aliphatic carbocycles. The van der Waals surface area contributed by atoms with Crippen LogP contribution in [-0.4, -0.2) is 12.5 Å². The summed E-state index contributed by atoms with van der Waals surface area (Å²) in [7, 11) is 0. The van der Waals surface area contributed by atoms with E-state index < -0.39 is 0 Å². The molecule has 0 aromatic heterocycles. The highest BCUT2D eigenvalue weighted by Crippen LogP contribution is 1.98.